The molecule has 2 aromatic rings. The topological polar surface area (TPSA) is 45.4 Å². The van der Waals surface area contributed by atoms with Gasteiger partial charge in [0.2, 0.25) is 0 Å². The van der Waals surface area contributed by atoms with Crippen LogP contribution in [0.5, 0.6) is 0 Å². The number of piperazine rings is 1. The van der Waals surface area contributed by atoms with Gasteiger partial charge in [0.1, 0.15) is 0 Å². The van der Waals surface area contributed by atoms with E-state index in [1.54, 1.807) is 0 Å². The summed E-state index contributed by atoms with van der Waals surface area (Å²) in [7, 11) is 0. The highest BCUT2D eigenvalue weighted by Gasteiger charge is 2.21. The van der Waals surface area contributed by atoms with Gasteiger partial charge in [-0.15, -0.1) is 0 Å². The summed E-state index contributed by atoms with van der Waals surface area (Å²) in [5.41, 5.74) is 9.11. The lowest BCUT2D eigenvalue weighted by Gasteiger charge is -2.39. The highest BCUT2D eigenvalue weighted by molar-refractivity contribution is 5.98. The predicted molar refractivity (Wildman–Crippen MR) is 89.7 cm³/mol. The van der Waals surface area contributed by atoms with Crippen LogP contribution < -0.4 is 10.6 Å². The first kappa shape index (κ1) is 14.1. The number of benzene rings is 1. The molecule has 2 N–H and O–H groups in total. The summed E-state index contributed by atoms with van der Waals surface area (Å²) in [6.07, 6.45) is 3.06. The maximum atomic E-state index is 6.07. The Bertz CT molecular complexity index is 617. The summed E-state index contributed by atoms with van der Waals surface area (Å²) >= 11 is 0. The van der Waals surface area contributed by atoms with Crippen LogP contribution in [0.3, 0.4) is 0 Å². The molecule has 1 aromatic heterocycles. The van der Waals surface area contributed by atoms with Gasteiger partial charge in [-0.05, 0) is 37.6 Å². The Morgan fingerprint density at radius 1 is 1.19 bits per heavy atom. The molecule has 0 radical (unpaired) electrons. The second kappa shape index (κ2) is 5.90. The van der Waals surface area contributed by atoms with Crippen LogP contribution in [-0.4, -0.2) is 42.1 Å². The molecule has 4 nitrogen and oxygen atoms in total. The molecule has 4 heteroatoms. The number of hydrogen-bond donors (Lipinski definition) is 1. The van der Waals surface area contributed by atoms with Crippen LogP contribution in [0.1, 0.15) is 20.3 Å². The fourth-order valence-electron chi connectivity index (χ4n) is 3.10. The quantitative estimate of drug-likeness (QED) is 0.880. The first-order valence-corrected chi connectivity index (χ1v) is 7.83. The third-order valence-electron chi connectivity index (χ3n) is 4.65. The Morgan fingerprint density at radius 2 is 1.95 bits per heavy atom. The zero-order chi connectivity index (χ0) is 14.8. The van der Waals surface area contributed by atoms with Crippen molar-refractivity contribution in [2.45, 2.75) is 26.3 Å². The molecule has 0 saturated carbocycles. The minimum absolute atomic E-state index is 0.674. The van der Waals surface area contributed by atoms with Crippen molar-refractivity contribution in [2.24, 2.45) is 0 Å². The Kier molecular flexibility index (Phi) is 3.97. The van der Waals surface area contributed by atoms with Gasteiger partial charge in [-0.3, -0.25) is 9.88 Å². The molecule has 112 valence electrons. The third kappa shape index (κ3) is 2.68. The molecule has 1 aliphatic rings. The standard InChI is InChI=1S/C17H24N4/c1-3-13(2)20-9-11-21(12-10-20)16-7-6-15(18)14-5-4-8-19-17(14)16/h4-8,13H,3,9-12,18H2,1-2H3. The summed E-state index contributed by atoms with van der Waals surface area (Å²) < 4.78 is 0. The van der Waals surface area contributed by atoms with Gasteiger partial charge in [0, 0.05) is 49.5 Å². The minimum atomic E-state index is 0.674. The molecule has 1 aromatic carbocycles. The van der Waals surface area contributed by atoms with Crippen LogP contribution in [0.2, 0.25) is 0 Å². The molecule has 0 spiro atoms. The van der Waals surface area contributed by atoms with Gasteiger partial charge >= 0.3 is 0 Å². The van der Waals surface area contributed by atoms with Crippen LogP contribution in [0.25, 0.3) is 10.9 Å². The molecule has 1 unspecified atom stereocenters. The van der Waals surface area contributed by atoms with E-state index in [9.17, 15) is 0 Å². The summed E-state index contributed by atoms with van der Waals surface area (Å²) in [5.74, 6) is 0. The molecule has 1 atom stereocenters. The molecule has 1 fully saturated rings. The SMILES string of the molecule is CCC(C)N1CCN(c2ccc(N)c3cccnc23)CC1. The maximum absolute atomic E-state index is 6.07. The van der Waals surface area contributed by atoms with Gasteiger partial charge < -0.3 is 10.6 Å². The van der Waals surface area contributed by atoms with Crippen LogP contribution in [0.4, 0.5) is 11.4 Å². The lowest BCUT2D eigenvalue weighted by Crippen LogP contribution is -2.49. The Hall–Kier alpha value is -1.81. The summed E-state index contributed by atoms with van der Waals surface area (Å²) in [4.78, 5) is 9.56. The number of fused-ring (bicyclic) bond motifs is 1. The van der Waals surface area contributed by atoms with E-state index in [0.29, 0.717) is 6.04 Å². The van der Waals surface area contributed by atoms with E-state index >= 15 is 0 Å². The fourth-order valence-corrected chi connectivity index (χ4v) is 3.10. The van der Waals surface area contributed by atoms with E-state index in [-0.39, 0.29) is 0 Å². The average molecular weight is 284 g/mol. The molecule has 1 saturated heterocycles. The van der Waals surface area contributed by atoms with Crippen LogP contribution >= 0.6 is 0 Å². The Labute approximate surface area is 126 Å². The number of nitrogens with zero attached hydrogens (tertiary/aromatic N) is 3. The van der Waals surface area contributed by atoms with E-state index < -0.39 is 0 Å². The number of pyridine rings is 1. The fraction of sp³-hybridized carbons (Fsp3) is 0.471. The first-order chi connectivity index (χ1) is 10.2. The zero-order valence-corrected chi connectivity index (χ0v) is 12.9. The lowest BCUT2D eigenvalue weighted by atomic mass is 10.1. The largest absolute Gasteiger partial charge is 0.398 e. The molecule has 0 amide bonds. The number of nitrogens with two attached hydrogens (primary N) is 1. The van der Waals surface area contributed by atoms with Gasteiger partial charge in [0.25, 0.3) is 0 Å². The van der Waals surface area contributed by atoms with Crippen molar-refractivity contribution in [3.05, 3.63) is 30.5 Å². The van der Waals surface area contributed by atoms with Crippen molar-refractivity contribution in [1.29, 1.82) is 0 Å². The lowest BCUT2D eigenvalue weighted by molar-refractivity contribution is 0.193. The van der Waals surface area contributed by atoms with Crippen molar-refractivity contribution in [3.8, 4) is 0 Å². The average Bonchev–Trinajstić information content (AvgIpc) is 2.55. The smallest absolute Gasteiger partial charge is 0.0955 e. The predicted octanol–water partition coefficient (Wildman–Crippen LogP) is 2.74. The van der Waals surface area contributed by atoms with Crippen LogP contribution in [0.15, 0.2) is 30.5 Å². The normalized spacial score (nSPS) is 18.1. The van der Waals surface area contributed by atoms with Gasteiger partial charge in [-0.2, -0.15) is 0 Å². The molecule has 2 heterocycles. The van der Waals surface area contributed by atoms with Crippen LogP contribution in [0, 0.1) is 0 Å². The van der Waals surface area contributed by atoms with Crippen molar-refractivity contribution in [1.82, 2.24) is 9.88 Å². The second-order valence-electron chi connectivity index (χ2n) is 5.85. The third-order valence-corrected chi connectivity index (χ3v) is 4.65. The summed E-state index contributed by atoms with van der Waals surface area (Å²) in [5, 5.41) is 1.05. The Morgan fingerprint density at radius 3 is 2.67 bits per heavy atom. The minimum Gasteiger partial charge on any atom is -0.398 e. The van der Waals surface area contributed by atoms with E-state index in [4.69, 9.17) is 5.73 Å². The highest BCUT2D eigenvalue weighted by Crippen LogP contribution is 2.29. The molecule has 0 aliphatic carbocycles. The van der Waals surface area contributed by atoms with E-state index in [0.717, 1.165) is 42.8 Å². The number of anilines is 2. The molecule has 21 heavy (non-hydrogen) atoms. The van der Waals surface area contributed by atoms with Crippen molar-refractivity contribution < 1.29 is 0 Å². The van der Waals surface area contributed by atoms with Crippen LogP contribution in [-0.2, 0) is 0 Å². The highest BCUT2D eigenvalue weighted by atomic mass is 15.3. The van der Waals surface area contributed by atoms with E-state index in [1.165, 1.54) is 12.1 Å². The summed E-state index contributed by atoms with van der Waals surface area (Å²) in [6, 6.07) is 8.79. The van der Waals surface area contributed by atoms with Gasteiger partial charge in [-0.1, -0.05) is 6.92 Å². The molecular formula is C17H24N4. The van der Waals surface area contributed by atoms with Crippen molar-refractivity contribution in [3.63, 3.8) is 0 Å². The van der Waals surface area contributed by atoms with Gasteiger partial charge in [0.05, 0.1) is 11.2 Å². The second-order valence-corrected chi connectivity index (χ2v) is 5.85. The summed E-state index contributed by atoms with van der Waals surface area (Å²) in [6.45, 7) is 8.92. The van der Waals surface area contributed by atoms with Crippen molar-refractivity contribution in [2.75, 3.05) is 36.8 Å². The monoisotopic (exact) mass is 284 g/mol. The van der Waals surface area contributed by atoms with E-state index in [2.05, 4.69) is 40.8 Å². The molecule has 3 rings (SSSR count). The zero-order valence-electron chi connectivity index (χ0n) is 12.9. The van der Waals surface area contributed by atoms with Crippen molar-refractivity contribution >= 4 is 22.3 Å². The number of nitrogen functional groups attached to an aromatic ring is 1. The number of rotatable bonds is 3. The molecule has 1 aliphatic heterocycles. The Balaban J connectivity index is 1.85. The number of hydrogen-bond acceptors (Lipinski definition) is 4. The molecular weight excluding hydrogens is 260 g/mol. The van der Waals surface area contributed by atoms with E-state index in [1.807, 2.05) is 18.3 Å². The van der Waals surface area contributed by atoms with Gasteiger partial charge in [-0.25, -0.2) is 0 Å². The first-order valence-electron chi connectivity index (χ1n) is 7.83. The molecule has 0 bridgehead atoms. The number of aromatic nitrogens is 1. The maximum Gasteiger partial charge on any atom is 0.0955 e. The van der Waals surface area contributed by atoms with Gasteiger partial charge in [0.15, 0.2) is 0 Å².